The van der Waals surface area contributed by atoms with Crippen LogP contribution in [0.25, 0.3) is 105 Å². The quantitative estimate of drug-likeness (QED) is 0.178. The van der Waals surface area contributed by atoms with Crippen LogP contribution in [0.3, 0.4) is 0 Å². The second-order valence-corrected chi connectivity index (χ2v) is 17.0. The van der Waals surface area contributed by atoms with Gasteiger partial charge in [-0.2, -0.15) is 15.0 Å². The fourth-order valence-electron chi connectivity index (χ4n) is 11.1. The van der Waals surface area contributed by atoms with Crippen LogP contribution in [0.1, 0.15) is 6.92 Å². The standard InChI is InChI=1S/C56H37N7/c1-56(34-16-18-35-17-2-9-25-43(35)56)63-49-31-15-7-23-40(49)41-32-33-50-51(52(41)63)42-24-8-14-30-48(42)62(50)55-58-53(60-44-26-10-3-19-36(44)37-20-4-11-27-45(37)60)57-54(59-55)61-46-28-12-5-21-38(46)39-22-6-13-29-47(39)61/h2-34,43H,1H3. The highest BCUT2D eigenvalue weighted by Crippen LogP contribution is 2.48. The Morgan fingerprint density at radius 2 is 0.841 bits per heavy atom. The van der Waals surface area contributed by atoms with Gasteiger partial charge in [0.2, 0.25) is 17.8 Å². The lowest BCUT2D eigenvalue weighted by atomic mass is 9.74. The van der Waals surface area contributed by atoms with Gasteiger partial charge in [-0.05, 0) is 55.0 Å². The molecule has 63 heavy (non-hydrogen) atoms. The van der Waals surface area contributed by atoms with Crippen molar-refractivity contribution in [2.45, 2.75) is 12.5 Å². The predicted molar refractivity (Wildman–Crippen MR) is 258 cm³/mol. The number of allylic oxidation sites excluding steroid dienone is 8. The van der Waals surface area contributed by atoms with E-state index in [1.165, 1.54) is 27.4 Å². The Bertz CT molecular complexity index is 3830. The first-order valence-electron chi connectivity index (χ1n) is 21.6. The van der Waals surface area contributed by atoms with Gasteiger partial charge in [0.15, 0.2) is 0 Å². The van der Waals surface area contributed by atoms with E-state index in [2.05, 4.69) is 225 Å². The van der Waals surface area contributed by atoms with Crippen LogP contribution in [0.5, 0.6) is 0 Å². The van der Waals surface area contributed by atoms with Crippen LogP contribution >= 0.6 is 0 Å². The number of rotatable bonds is 4. The van der Waals surface area contributed by atoms with Gasteiger partial charge in [0, 0.05) is 54.5 Å². The van der Waals surface area contributed by atoms with Crippen molar-refractivity contribution in [3.05, 3.63) is 206 Å². The van der Waals surface area contributed by atoms with Gasteiger partial charge in [0.05, 0.1) is 44.2 Å². The van der Waals surface area contributed by atoms with Gasteiger partial charge < -0.3 is 4.57 Å². The largest absolute Gasteiger partial charge is 0.329 e. The van der Waals surface area contributed by atoms with Crippen molar-refractivity contribution in [2.24, 2.45) is 5.92 Å². The normalized spacial score (nSPS) is 17.4. The second-order valence-electron chi connectivity index (χ2n) is 17.0. The minimum absolute atomic E-state index is 0.154. The maximum absolute atomic E-state index is 5.54. The zero-order valence-corrected chi connectivity index (χ0v) is 34.3. The summed E-state index contributed by atoms with van der Waals surface area (Å²) in [6, 6.07) is 56.3. The van der Waals surface area contributed by atoms with Gasteiger partial charge in [0.1, 0.15) is 0 Å². The molecule has 5 heterocycles. The predicted octanol–water partition coefficient (Wildman–Crippen LogP) is 13.2. The van der Waals surface area contributed by atoms with E-state index < -0.39 is 5.54 Å². The molecule has 2 aliphatic rings. The highest BCUT2D eigenvalue weighted by Gasteiger charge is 2.39. The summed E-state index contributed by atoms with van der Waals surface area (Å²) in [6.07, 6.45) is 15.8. The third kappa shape index (κ3) is 4.60. The number of hydrogen-bond acceptors (Lipinski definition) is 3. The fraction of sp³-hybridized carbons (Fsp3) is 0.0536. The molecule has 0 aliphatic heterocycles. The minimum Gasteiger partial charge on any atom is -0.329 e. The lowest BCUT2D eigenvalue weighted by molar-refractivity contribution is 0.356. The van der Waals surface area contributed by atoms with Crippen molar-refractivity contribution in [1.29, 1.82) is 0 Å². The van der Waals surface area contributed by atoms with Crippen LogP contribution in [-0.4, -0.2) is 33.2 Å². The molecule has 0 fully saturated rings. The Morgan fingerprint density at radius 3 is 1.37 bits per heavy atom. The van der Waals surface area contributed by atoms with Gasteiger partial charge in [-0.25, -0.2) is 0 Å². The molecule has 14 rings (SSSR count). The summed E-state index contributed by atoms with van der Waals surface area (Å²) in [5, 5.41) is 9.33. The highest BCUT2D eigenvalue weighted by atomic mass is 15.3. The number of fused-ring (bicyclic) bond motifs is 14. The third-order valence-corrected chi connectivity index (χ3v) is 13.7. The molecule has 7 heteroatoms. The number of para-hydroxylation sites is 6. The number of benzene rings is 7. The van der Waals surface area contributed by atoms with Gasteiger partial charge >= 0.3 is 0 Å². The van der Waals surface area contributed by atoms with E-state index >= 15 is 0 Å². The Morgan fingerprint density at radius 1 is 0.413 bits per heavy atom. The summed E-state index contributed by atoms with van der Waals surface area (Å²) in [6.45, 7) is 2.39. The summed E-state index contributed by atoms with van der Waals surface area (Å²) in [7, 11) is 0. The molecule has 7 nitrogen and oxygen atoms in total. The van der Waals surface area contributed by atoms with Crippen molar-refractivity contribution in [1.82, 2.24) is 33.2 Å². The molecule has 0 spiro atoms. The van der Waals surface area contributed by atoms with Crippen molar-refractivity contribution >= 4 is 87.2 Å². The summed E-state index contributed by atoms with van der Waals surface area (Å²) < 4.78 is 9.26. The number of aromatic nitrogens is 7. The average Bonchev–Trinajstić information content (AvgIpc) is 4.07. The molecule has 0 saturated carbocycles. The SMILES string of the molecule is CC1(n2c3ccccc3c3ccc4c(c5ccccc5n4-c4nc(-n5c6ccccc6c6ccccc65)nc(-n5c6ccccc6c6ccccc65)n4)c32)C=CC=C2C=CC=CC21. The average molecular weight is 808 g/mol. The lowest BCUT2D eigenvalue weighted by Crippen LogP contribution is -2.38. The van der Waals surface area contributed by atoms with E-state index in [4.69, 9.17) is 15.0 Å². The molecule has 2 unspecified atom stereocenters. The maximum atomic E-state index is 5.54. The molecule has 2 atom stereocenters. The highest BCUT2D eigenvalue weighted by molar-refractivity contribution is 6.25. The summed E-state index contributed by atoms with van der Waals surface area (Å²) in [5.74, 6) is 1.79. The monoisotopic (exact) mass is 807 g/mol. The molecule has 2 aliphatic carbocycles. The van der Waals surface area contributed by atoms with Crippen molar-refractivity contribution < 1.29 is 0 Å². The number of hydrogen-bond donors (Lipinski definition) is 0. The first-order valence-corrected chi connectivity index (χ1v) is 21.6. The van der Waals surface area contributed by atoms with E-state index in [0.717, 1.165) is 65.4 Å². The zero-order valence-electron chi connectivity index (χ0n) is 34.3. The Kier molecular flexibility index (Phi) is 6.90. The molecule has 296 valence electrons. The molecular formula is C56H37N7. The van der Waals surface area contributed by atoms with Gasteiger partial charge in [-0.3, -0.25) is 13.7 Å². The number of nitrogens with zero attached hydrogens (tertiary/aromatic N) is 7. The van der Waals surface area contributed by atoms with Crippen molar-refractivity contribution in [3.63, 3.8) is 0 Å². The molecule has 0 saturated heterocycles. The Balaban J connectivity index is 1.13. The summed E-state index contributed by atoms with van der Waals surface area (Å²) in [5.41, 5.74) is 9.49. The van der Waals surface area contributed by atoms with Crippen LogP contribution in [-0.2, 0) is 5.54 Å². The van der Waals surface area contributed by atoms with Crippen LogP contribution in [0, 0.1) is 5.92 Å². The fourth-order valence-corrected chi connectivity index (χ4v) is 11.1. The molecule has 0 bridgehead atoms. The Labute approximate surface area is 361 Å². The smallest absolute Gasteiger partial charge is 0.241 e. The van der Waals surface area contributed by atoms with E-state index in [1.807, 2.05) is 0 Å². The summed E-state index contributed by atoms with van der Waals surface area (Å²) >= 11 is 0. The molecule has 12 aromatic rings. The first-order chi connectivity index (χ1) is 31.2. The van der Waals surface area contributed by atoms with E-state index in [-0.39, 0.29) is 5.92 Å². The zero-order chi connectivity index (χ0) is 41.4. The van der Waals surface area contributed by atoms with Crippen LogP contribution in [0.2, 0.25) is 0 Å². The minimum atomic E-state index is -0.398. The van der Waals surface area contributed by atoms with Gasteiger partial charge in [0.25, 0.3) is 0 Å². The Hall–Kier alpha value is -8.29. The molecule has 0 radical (unpaired) electrons. The second kappa shape index (κ2) is 12.6. The van der Waals surface area contributed by atoms with Gasteiger partial charge in [-0.15, -0.1) is 0 Å². The van der Waals surface area contributed by atoms with Crippen molar-refractivity contribution in [3.8, 4) is 17.8 Å². The maximum Gasteiger partial charge on any atom is 0.241 e. The van der Waals surface area contributed by atoms with Crippen LogP contribution in [0.4, 0.5) is 0 Å². The van der Waals surface area contributed by atoms with Crippen LogP contribution < -0.4 is 0 Å². The van der Waals surface area contributed by atoms with E-state index in [9.17, 15) is 0 Å². The first kappa shape index (κ1) is 34.4. The topological polar surface area (TPSA) is 58.4 Å². The molecule has 0 amide bonds. The summed E-state index contributed by atoms with van der Waals surface area (Å²) in [4.78, 5) is 16.5. The molecule has 0 N–H and O–H groups in total. The van der Waals surface area contributed by atoms with Gasteiger partial charge in [-0.1, -0.05) is 158 Å². The lowest BCUT2D eigenvalue weighted by Gasteiger charge is -2.40. The van der Waals surface area contributed by atoms with Crippen molar-refractivity contribution in [2.75, 3.05) is 0 Å². The van der Waals surface area contributed by atoms with E-state index in [0.29, 0.717) is 17.8 Å². The third-order valence-electron chi connectivity index (χ3n) is 13.7. The molecule has 5 aromatic heterocycles. The van der Waals surface area contributed by atoms with E-state index in [1.54, 1.807) is 0 Å². The molecular weight excluding hydrogens is 771 g/mol. The van der Waals surface area contributed by atoms with Crippen LogP contribution in [0.15, 0.2) is 206 Å². The molecule has 7 aromatic carbocycles.